The Kier molecular flexibility index (Phi) is 6.69. The van der Waals surface area contributed by atoms with Crippen LogP contribution in [0.15, 0.2) is 35.2 Å². The van der Waals surface area contributed by atoms with E-state index in [0.717, 1.165) is 6.07 Å². The van der Waals surface area contributed by atoms with Crippen LogP contribution < -0.4 is 11.1 Å². The first-order chi connectivity index (χ1) is 18.4. The molecule has 0 radical (unpaired) electrons. The van der Waals surface area contributed by atoms with Crippen molar-refractivity contribution in [2.45, 2.75) is 52.0 Å². The number of pyridine rings is 2. The molecule has 39 heavy (non-hydrogen) atoms. The lowest BCUT2D eigenvalue weighted by atomic mass is 10.0. The molecule has 1 aliphatic rings. The van der Waals surface area contributed by atoms with Gasteiger partial charge in [-0.2, -0.15) is 13.2 Å². The molecule has 14 heteroatoms. The first-order valence-corrected chi connectivity index (χ1v) is 12.9. The molecular weight excluding hydrogens is 581 g/mol. The second-order valence-corrected chi connectivity index (χ2v) is 10.5. The highest BCUT2D eigenvalue weighted by molar-refractivity contribution is 9.10. The van der Waals surface area contributed by atoms with Crippen LogP contribution >= 0.6 is 15.9 Å². The molecule has 0 spiro atoms. The molecule has 5 heterocycles. The average Bonchev–Trinajstić information content (AvgIpc) is 3.34. The Labute approximate surface area is 228 Å². The van der Waals surface area contributed by atoms with Gasteiger partial charge in [0.2, 0.25) is 11.8 Å². The van der Waals surface area contributed by atoms with E-state index in [2.05, 4.69) is 41.2 Å². The molecule has 0 aromatic carbocycles. The van der Waals surface area contributed by atoms with Crippen molar-refractivity contribution in [3.8, 4) is 0 Å². The van der Waals surface area contributed by atoms with Crippen molar-refractivity contribution in [3.05, 3.63) is 46.5 Å². The maximum absolute atomic E-state index is 13.8. The number of likely N-dealkylation sites (tertiary alicyclic amines) is 1. The molecule has 2 amide bonds. The lowest BCUT2D eigenvalue weighted by molar-refractivity contribution is -0.141. The highest BCUT2D eigenvalue weighted by atomic mass is 79.9. The maximum Gasteiger partial charge on any atom is 0.433 e. The number of anilines is 2. The van der Waals surface area contributed by atoms with Crippen molar-refractivity contribution < 1.29 is 22.8 Å². The average molecular weight is 605 g/mol. The van der Waals surface area contributed by atoms with Crippen molar-refractivity contribution in [1.82, 2.24) is 29.4 Å². The molecule has 4 aromatic rings. The standard InChI is InChI=1S/C25H24BrF3N8O2/c1-11-7-14(24(39)35-17-6-4-5-16(26)34-17)37(13(11)3)18(38)9-36-21-12(2)8-15(25(27,28)29)33-20(21)19-22(30)31-10-32-23(19)36/h4-6,8,10-11,13-14H,7,9H2,1-3H3,(H2,30,31,32)(H,34,35,39)/t11-,13-,14+/m1/s1. The molecule has 3 atom stereocenters. The number of fused-ring (bicyclic) bond motifs is 3. The fourth-order valence-electron chi connectivity index (χ4n) is 5.17. The fourth-order valence-corrected chi connectivity index (χ4v) is 5.51. The molecule has 0 saturated carbocycles. The summed E-state index contributed by atoms with van der Waals surface area (Å²) >= 11 is 3.27. The zero-order chi connectivity index (χ0) is 28.2. The van der Waals surface area contributed by atoms with Gasteiger partial charge in [-0.3, -0.25) is 9.59 Å². The van der Waals surface area contributed by atoms with Gasteiger partial charge in [0.25, 0.3) is 0 Å². The van der Waals surface area contributed by atoms with Crippen LogP contribution in [0.1, 0.15) is 31.5 Å². The van der Waals surface area contributed by atoms with Crippen LogP contribution in [0.2, 0.25) is 0 Å². The zero-order valence-electron chi connectivity index (χ0n) is 21.1. The molecule has 4 aromatic heterocycles. The third kappa shape index (κ3) is 4.77. The van der Waals surface area contributed by atoms with Gasteiger partial charge in [0.1, 0.15) is 52.0 Å². The van der Waals surface area contributed by atoms with E-state index in [0.29, 0.717) is 16.8 Å². The number of hydrogen-bond donors (Lipinski definition) is 2. The number of alkyl halides is 3. The minimum Gasteiger partial charge on any atom is -0.383 e. The molecule has 1 fully saturated rings. The van der Waals surface area contributed by atoms with E-state index >= 15 is 0 Å². The molecular formula is C25H24BrF3N8O2. The SMILES string of the molecule is Cc1cc(C(F)(F)F)nc2c3c(N)ncnc3n(CC(=O)N3[C@H](C)[C@H](C)C[C@H]3C(=O)Nc3cccc(Br)n3)c12. The number of nitrogens with zero attached hydrogens (tertiary/aromatic N) is 6. The van der Waals surface area contributed by atoms with Gasteiger partial charge in [-0.15, -0.1) is 0 Å². The minimum absolute atomic E-state index is 0.0223. The summed E-state index contributed by atoms with van der Waals surface area (Å²) in [6.45, 7) is 5.03. The number of nitrogens with one attached hydrogen (secondary N) is 1. The Balaban J connectivity index is 1.55. The van der Waals surface area contributed by atoms with Crippen LogP contribution in [0.4, 0.5) is 24.8 Å². The van der Waals surface area contributed by atoms with Crippen LogP contribution in [0.5, 0.6) is 0 Å². The smallest absolute Gasteiger partial charge is 0.383 e. The van der Waals surface area contributed by atoms with Crippen LogP contribution in [-0.4, -0.2) is 53.3 Å². The molecule has 204 valence electrons. The molecule has 1 aliphatic heterocycles. The molecule has 0 bridgehead atoms. The number of nitrogens with two attached hydrogens (primary N) is 1. The van der Waals surface area contributed by atoms with E-state index in [4.69, 9.17) is 5.73 Å². The minimum atomic E-state index is -4.68. The highest BCUT2D eigenvalue weighted by Crippen LogP contribution is 2.37. The van der Waals surface area contributed by atoms with E-state index in [9.17, 15) is 22.8 Å². The second-order valence-electron chi connectivity index (χ2n) is 9.67. The Morgan fingerprint density at radius 2 is 1.95 bits per heavy atom. The topological polar surface area (TPSA) is 132 Å². The molecule has 0 aliphatic carbocycles. The number of hydrogen-bond acceptors (Lipinski definition) is 7. The number of aryl methyl sites for hydroxylation is 1. The Hall–Kier alpha value is -3.81. The van der Waals surface area contributed by atoms with Gasteiger partial charge in [-0.05, 0) is 65.9 Å². The number of rotatable bonds is 4. The van der Waals surface area contributed by atoms with Gasteiger partial charge in [-0.1, -0.05) is 13.0 Å². The molecule has 10 nitrogen and oxygen atoms in total. The number of nitrogen functional groups attached to an aromatic ring is 1. The van der Waals surface area contributed by atoms with Gasteiger partial charge in [0.05, 0.1) is 10.9 Å². The molecule has 5 rings (SSSR count). The van der Waals surface area contributed by atoms with Crippen LogP contribution in [-0.2, 0) is 22.3 Å². The largest absolute Gasteiger partial charge is 0.433 e. The number of aromatic nitrogens is 5. The van der Waals surface area contributed by atoms with Crippen LogP contribution in [0, 0.1) is 12.8 Å². The summed E-state index contributed by atoms with van der Waals surface area (Å²) in [5.74, 6) is -0.472. The molecule has 0 unspecified atom stereocenters. The number of halogens is 4. The van der Waals surface area contributed by atoms with E-state index in [-0.39, 0.29) is 57.9 Å². The van der Waals surface area contributed by atoms with Crippen molar-refractivity contribution in [3.63, 3.8) is 0 Å². The number of amides is 2. The molecule has 3 N–H and O–H groups in total. The Bertz CT molecular complexity index is 1620. The normalized spacial score (nSPS) is 19.7. The first kappa shape index (κ1) is 26.8. The van der Waals surface area contributed by atoms with Crippen molar-refractivity contribution >= 4 is 61.4 Å². The van der Waals surface area contributed by atoms with E-state index < -0.39 is 23.8 Å². The maximum atomic E-state index is 13.8. The predicted molar refractivity (Wildman–Crippen MR) is 141 cm³/mol. The van der Waals surface area contributed by atoms with Crippen molar-refractivity contribution in [1.29, 1.82) is 0 Å². The van der Waals surface area contributed by atoms with Gasteiger partial charge in [0, 0.05) is 6.04 Å². The van der Waals surface area contributed by atoms with Crippen molar-refractivity contribution in [2.75, 3.05) is 11.1 Å². The van der Waals surface area contributed by atoms with Gasteiger partial charge >= 0.3 is 6.18 Å². The third-order valence-corrected chi connectivity index (χ3v) is 7.58. The van der Waals surface area contributed by atoms with E-state index in [1.54, 1.807) is 18.2 Å². The van der Waals surface area contributed by atoms with Gasteiger partial charge < -0.3 is 20.5 Å². The Morgan fingerprint density at radius 1 is 1.21 bits per heavy atom. The lowest BCUT2D eigenvalue weighted by Gasteiger charge is -2.29. The summed E-state index contributed by atoms with van der Waals surface area (Å²) in [5, 5.41) is 2.90. The summed E-state index contributed by atoms with van der Waals surface area (Å²) in [6.07, 6.45) is -3.07. The summed E-state index contributed by atoms with van der Waals surface area (Å²) < 4.78 is 42.7. The first-order valence-electron chi connectivity index (χ1n) is 12.1. The number of carbonyl (C=O) groups is 2. The quantitative estimate of drug-likeness (QED) is 0.332. The van der Waals surface area contributed by atoms with Gasteiger partial charge in [0.15, 0.2) is 0 Å². The third-order valence-electron chi connectivity index (χ3n) is 7.14. The predicted octanol–water partition coefficient (Wildman–Crippen LogP) is 4.31. The highest BCUT2D eigenvalue weighted by Gasteiger charge is 2.43. The van der Waals surface area contributed by atoms with Crippen molar-refractivity contribution in [2.24, 2.45) is 5.92 Å². The summed E-state index contributed by atoms with van der Waals surface area (Å²) in [5.41, 5.74) is 5.63. The monoisotopic (exact) mass is 604 g/mol. The van der Waals surface area contributed by atoms with E-state index in [1.165, 1.54) is 22.7 Å². The lowest BCUT2D eigenvalue weighted by Crippen LogP contribution is -2.47. The molecule has 1 saturated heterocycles. The Morgan fingerprint density at radius 3 is 2.64 bits per heavy atom. The number of carbonyl (C=O) groups excluding carboxylic acids is 2. The zero-order valence-corrected chi connectivity index (χ0v) is 22.7. The second kappa shape index (κ2) is 9.74. The summed E-state index contributed by atoms with van der Waals surface area (Å²) in [4.78, 5) is 44.8. The van der Waals surface area contributed by atoms with Crippen LogP contribution in [0.25, 0.3) is 22.1 Å². The van der Waals surface area contributed by atoms with Gasteiger partial charge in [-0.25, -0.2) is 19.9 Å². The fraction of sp³-hybridized carbons (Fsp3) is 0.360. The summed E-state index contributed by atoms with van der Waals surface area (Å²) in [6, 6.07) is 4.98. The van der Waals surface area contributed by atoms with Crippen LogP contribution in [0.3, 0.4) is 0 Å². The summed E-state index contributed by atoms with van der Waals surface area (Å²) in [7, 11) is 0. The van der Waals surface area contributed by atoms with E-state index in [1.807, 2.05) is 13.8 Å².